The molecule has 158 valence electrons. The molecule has 1 aliphatic heterocycles. The van der Waals surface area contributed by atoms with Crippen LogP contribution in [0.15, 0.2) is 91.1 Å². The van der Waals surface area contributed by atoms with Gasteiger partial charge in [0.1, 0.15) is 0 Å². The molecule has 0 radical (unpaired) electrons. The molecule has 0 saturated carbocycles. The van der Waals surface area contributed by atoms with Crippen LogP contribution in [0.25, 0.3) is 38.9 Å². The Labute approximate surface area is 193 Å². The molecule has 1 aliphatic carbocycles. The number of aromatic nitrogens is 1. The van der Waals surface area contributed by atoms with Crippen molar-refractivity contribution in [2.24, 2.45) is 0 Å². The Morgan fingerprint density at radius 2 is 1.64 bits per heavy atom. The standard InChI is InChI=1S/C31H24N2/c1-2-10-22(11-3-1)29(30-25-16-14-20-8-4-6-12-23(20)27(25)18-32-30)31-26-17-15-21-9-5-7-13-24(21)28(26)19-33-31/h1-4,6-8,10-18,32-33H,5,9,19H2/b31-29-. The van der Waals surface area contributed by atoms with E-state index in [1.165, 1.54) is 66.3 Å². The highest BCUT2D eigenvalue weighted by Crippen LogP contribution is 2.41. The van der Waals surface area contributed by atoms with Crippen molar-refractivity contribution in [3.05, 3.63) is 125 Å². The minimum atomic E-state index is 0.871. The van der Waals surface area contributed by atoms with Crippen LogP contribution in [-0.2, 0) is 13.0 Å². The molecule has 4 aromatic carbocycles. The molecule has 2 aliphatic rings. The Balaban J connectivity index is 1.53. The lowest BCUT2D eigenvalue weighted by molar-refractivity contribution is 0.925. The minimum absolute atomic E-state index is 0.871. The van der Waals surface area contributed by atoms with Gasteiger partial charge in [0.15, 0.2) is 0 Å². The van der Waals surface area contributed by atoms with Crippen LogP contribution in [0.1, 0.15) is 39.9 Å². The van der Waals surface area contributed by atoms with Crippen LogP contribution in [-0.4, -0.2) is 4.98 Å². The van der Waals surface area contributed by atoms with Gasteiger partial charge in [0.05, 0.1) is 11.4 Å². The van der Waals surface area contributed by atoms with Crippen molar-refractivity contribution in [1.82, 2.24) is 10.3 Å². The lowest BCUT2D eigenvalue weighted by Crippen LogP contribution is -2.05. The van der Waals surface area contributed by atoms with E-state index in [0.717, 1.165) is 19.4 Å². The van der Waals surface area contributed by atoms with E-state index in [1.807, 2.05) is 0 Å². The number of aryl methyl sites for hydroxylation is 1. The summed E-state index contributed by atoms with van der Waals surface area (Å²) in [4.78, 5) is 3.66. The summed E-state index contributed by atoms with van der Waals surface area (Å²) in [6.45, 7) is 0.871. The Hall–Kier alpha value is -4.04. The molecular formula is C31H24N2. The fourth-order valence-electron chi connectivity index (χ4n) is 5.62. The van der Waals surface area contributed by atoms with Crippen LogP contribution in [0, 0.1) is 0 Å². The SMILES string of the molecule is C1=Cc2c(ccc3c2CN/C3=C(/c2ccccc2)c2[nH]cc3c2ccc2ccccc23)CC1. The first-order valence-corrected chi connectivity index (χ1v) is 11.7. The predicted molar refractivity (Wildman–Crippen MR) is 139 cm³/mol. The Morgan fingerprint density at radius 1 is 0.758 bits per heavy atom. The average molecular weight is 425 g/mol. The van der Waals surface area contributed by atoms with Crippen LogP contribution in [0.5, 0.6) is 0 Å². The Kier molecular flexibility index (Phi) is 4.07. The maximum absolute atomic E-state index is 3.79. The van der Waals surface area contributed by atoms with Gasteiger partial charge in [-0.2, -0.15) is 0 Å². The van der Waals surface area contributed by atoms with Gasteiger partial charge in [-0.3, -0.25) is 0 Å². The zero-order valence-electron chi connectivity index (χ0n) is 18.4. The molecular weight excluding hydrogens is 400 g/mol. The first-order valence-electron chi connectivity index (χ1n) is 11.7. The van der Waals surface area contributed by atoms with E-state index in [2.05, 4.69) is 108 Å². The number of rotatable bonds is 2. The maximum atomic E-state index is 3.79. The fourth-order valence-corrected chi connectivity index (χ4v) is 5.62. The number of fused-ring (bicyclic) bond motifs is 6. The molecule has 2 heterocycles. The van der Waals surface area contributed by atoms with Gasteiger partial charge in [0.2, 0.25) is 0 Å². The van der Waals surface area contributed by atoms with Crippen molar-refractivity contribution in [3.63, 3.8) is 0 Å². The van der Waals surface area contributed by atoms with Crippen molar-refractivity contribution in [3.8, 4) is 0 Å². The molecule has 2 N–H and O–H groups in total. The quantitative estimate of drug-likeness (QED) is 0.306. The number of benzene rings is 4. The van der Waals surface area contributed by atoms with E-state index in [9.17, 15) is 0 Å². The maximum Gasteiger partial charge on any atom is 0.0561 e. The monoisotopic (exact) mass is 424 g/mol. The van der Waals surface area contributed by atoms with Crippen molar-refractivity contribution in [1.29, 1.82) is 0 Å². The molecule has 5 aromatic rings. The summed E-state index contributed by atoms with van der Waals surface area (Å²) in [7, 11) is 0. The molecule has 0 unspecified atom stereocenters. The van der Waals surface area contributed by atoms with E-state index < -0.39 is 0 Å². The van der Waals surface area contributed by atoms with Gasteiger partial charge < -0.3 is 10.3 Å². The van der Waals surface area contributed by atoms with E-state index in [4.69, 9.17) is 0 Å². The lowest BCUT2D eigenvalue weighted by Gasteiger charge is -2.16. The molecule has 0 amide bonds. The van der Waals surface area contributed by atoms with Crippen LogP contribution in [0.4, 0.5) is 0 Å². The van der Waals surface area contributed by atoms with Crippen molar-refractivity contribution in [2.75, 3.05) is 0 Å². The fraction of sp³-hybridized carbons (Fsp3) is 0.0968. The molecule has 33 heavy (non-hydrogen) atoms. The zero-order valence-corrected chi connectivity index (χ0v) is 18.4. The molecule has 0 bridgehead atoms. The van der Waals surface area contributed by atoms with Crippen molar-refractivity contribution < 1.29 is 0 Å². The van der Waals surface area contributed by atoms with E-state index in [0.29, 0.717) is 0 Å². The first-order chi connectivity index (χ1) is 16.4. The van der Waals surface area contributed by atoms with Crippen molar-refractivity contribution in [2.45, 2.75) is 19.4 Å². The van der Waals surface area contributed by atoms with Gasteiger partial charge >= 0.3 is 0 Å². The second kappa shape index (κ2) is 7.25. The van der Waals surface area contributed by atoms with E-state index >= 15 is 0 Å². The summed E-state index contributed by atoms with van der Waals surface area (Å²) < 4.78 is 0. The highest BCUT2D eigenvalue weighted by atomic mass is 14.9. The van der Waals surface area contributed by atoms with Crippen LogP contribution in [0.2, 0.25) is 0 Å². The number of hydrogen-bond acceptors (Lipinski definition) is 1. The molecule has 2 nitrogen and oxygen atoms in total. The second-order valence-corrected chi connectivity index (χ2v) is 8.99. The topological polar surface area (TPSA) is 27.8 Å². The highest BCUT2D eigenvalue weighted by molar-refractivity contribution is 6.14. The minimum Gasteiger partial charge on any atom is -0.380 e. The molecule has 1 aromatic heterocycles. The summed E-state index contributed by atoms with van der Waals surface area (Å²) in [6, 6.07) is 28.5. The Bertz CT molecular complexity index is 1600. The van der Waals surface area contributed by atoms with Gasteiger partial charge in [-0.25, -0.2) is 0 Å². The normalized spacial score (nSPS) is 16.0. The molecule has 0 fully saturated rings. The van der Waals surface area contributed by atoms with Gasteiger partial charge in [0, 0.05) is 34.7 Å². The second-order valence-electron chi connectivity index (χ2n) is 8.99. The average Bonchev–Trinajstić information content (AvgIpc) is 3.50. The third-order valence-electron chi connectivity index (χ3n) is 7.19. The predicted octanol–water partition coefficient (Wildman–Crippen LogP) is 7.30. The van der Waals surface area contributed by atoms with Crippen LogP contribution in [0.3, 0.4) is 0 Å². The molecule has 7 rings (SSSR count). The van der Waals surface area contributed by atoms with Crippen LogP contribution >= 0.6 is 0 Å². The van der Waals surface area contributed by atoms with Crippen molar-refractivity contribution >= 4 is 38.9 Å². The van der Waals surface area contributed by atoms with Gasteiger partial charge in [-0.15, -0.1) is 0 Å². The van der Waals surface area contributed by atoms with Crippen LogP contribution < -0.4 is 5.32 Å². The third-order valence-corrected chi connectivity index (χ3v) is 7.19. The number of hydrogen-bond donors (Lipinski definition) is 2. The van der Waals surface area contributed by atoms with Gasteiger partial charge in [0.25, 0.3) is 0 Å². The Morgan fingerprint density at radius 3 is 2.58 bits per heavy atom. The van der Waals surface area contributed by atoms with E-state index in [-0.39, 0.29) is 0 Å². The third kappa shape index (κ3) is 2.81. The zero-order chi connectivity index (χ0) is 21.8. The molecule has 2 heteroatoms. The summed E-state index contributed by atoms with van der Waals surface area (Å²) in [5, 5.41) is 8.87. The number of H-pyrrole nitrogens is 1. The summed E-state index contributed by atoms with van der Waals surface area (Å²) in [5.74, 6) is 0. The van der Waals surface area contributed by atoms with E-state index in [1.54, 1.807) is 0 Å². The summed E-state index contributed by atoms with van der Waals surface area (Å²) >= 11 is 0. The molecule has 0 spiro atoms. The number of aromatic amines is 1. The lowest BCUT2D eigenvalue weighted by atomic mass is 9.89. The largest absolute Gasteiger partial charge is 0.380 e. The molecule has 0 atom stereocenters. The number of nitrogens with one attached hydrogen (secondary N) is 2. The first kappa shape index (κ1) is 18.5. The number of allylic oxidation sites excluding steroid dienone is 1. The van der Waals surface area contributed by atoms with Gasteiger partial charge in [-0.05, 0) is 45.9 Å². The molecule has 0 saturated heterocycles. The van der Waals surface area contributed by atoms with Gasteiger partial charge in [-0.1, -0.05) is 91.0 Å². The summed E-state index contributed by atoms with van der Waals surface area (Å²) in [5.41, 5.74) is 10.5. The summed E-state index contributed by atoms with van der Waals surface area (Å²) in [6.07, 6.45) is 9.08. The smallest absolute Gasteiger partial charge is 0.0561 e. The highest BCUT2D eigenvalue weighted by Gasteiger charge is 2.26.